The number of rotatable bonds is 1. The van der Waals surface area contributed by atoms with Gasteiger partial charge in [0.1, 0.15) is 0 Å². The summed E-state index contributed by atoms with van der Waals surface area (Å²) in [4.78, 5) is 0. The fourth-order valence-corrected chi connectivity index (χ4v) is 0.0911. The molecule has 0 fully saturated rings. The van der Waals surface area contributed by atoms with Crippen LogP contribution in [-0.4, -0.2) is 18.5 Å². The molecule has 0 amide bonds. The summed E-state index contributed by atoms with van der Waals surface area (Å²) in [6.45, 7) is 0. The van der Waals surface area contributed by atoms with Gasteiger partial charge >= 0.3 is 0 Å². The second-order valence-electron chi connectivity index (χ2n) is 0.803. The van der Waals surface area contributed by atoms with Crippen LogP contribution < -0.4 is 11.6 Å². The fourth-order valence-electron chi connectivity index (χ4n) is 0.0911. The van der Waals surface area contributed by atoms with Gasteiger partial charge in [-0.1, -0.05) is 0 Å². The summed E-state index contributed by atoms with van der Waals surface area (Å²) in [5, 5.41) is 4.33. The maximum absolute atomic E-state index is 4.93. The van der Waals surface area contributed by atoms with Crippen LogP contribution in [0.4, 0.5) is 0 Å². The van der Waals surface area contributed by atoms with Crippen LogP contribution in [0.15, 0.2) is 5.10 Å². The molecule has 0 unspecified atom stereocenters. The first-order valence-corrected chi connectivity index (χ1v) is 1.42. The van der Waals surface area contributed by atoms with E-state index in [2.05, 4.69) is 5.10 Å². The van der Waals surface area contributed by atoms with E-state index in [1.54, 1.807) is 7.05 Å². The summed E-state index contributed by atoms with van der Waals surface area (Å²) in [7, 11) is 1.56. The van der Waals surface area contributed by atoms with Gasteiger partial charge in [-0.25, -0.2) is 5.84 Å². The van der Waals surface area contributed by atoms with Gasteiger partial charge in [-0.2, -0.15) is 0 Å². The third-order valence-electron chi connectivity index (χ3n) is 0.215. The van der Waals surface area contributed by atoms with Crippen LogP contribution in [0.2, 0.25) is 0 Å². The average molecular weight is 273 g/mol. The van der Waals surface area contributed by atoms with E-state index < -0.39 is 0 Å². The van der Waals surface area contributed by atoms with Crippen molar-refractivity contribution in [2.24, 2.45) is 16.7 Å². The SMILES string of the molecule is CN(N)N=[C-]N.[Re]. The van der Waals surface area contributed by atoms with E-state index >= 15 is 0 Å². The van der Waals surface area contributed by atoms with Crippen molar-refractivity contribution >= 4 is 6.34 Å². The van der Waals surface area contributed by atoms with Crippen LogP contribution in [-0.2, 0) is 20.4 Å². The Kier molecular flexibility index (Phi) is 8.42. The fraction of sp³-hybridized carbons (Fsp3) is 0.500. The van der Waals surface area contributed by atoms with Crippen LogP contribution >= 0.6 is 0 Å². The standard InChI is InChI=1S/C2H7N4.Re/c1-6(4)5-2-3;/h4H2,1H3,(H2,3,5);/q-1;. The zero-order valence-corrected chi connectivity index (χ0v) is 6.64. The van der Waals surface area contributed by atoms with Crippen LogP contribution in [0.25, 0.3) is 0 Å². The minimum Gasteiger partial charge on any atom is -0.561 e. The van der Waals surface area contributed by atoms with Crippen LogP contribution in [0.1, 0.15) is 0 Å². The van der Waals surface area contributed by atoms with E-state index in [0.717, 1.165) is 5.12 Å². The molecule has 4 nitrogen and oxygen atoms in total. The average Bonchev–Trinajstić information content (AvgIpc) is 1.35. The Labute approximate surface area is 56.2 Å². The van der Waals surface area contributed by atoms with Crippen molar-refractivity contribution in [3.8, 4) is 0 Å². The molecule has 0 saturated heterocycles. The molecule has 1 radical (unpaired) electrons. The van der Waals surface area contributed by atoms with Crippen molar-refractivity contribution in [3.63, 3.8) is 0 Å². The van der Waals surface area contributed by atoms with Crippen molar-refractivity contribution in [1.29, 1.82) is 0 Å². The zero-order valence-electron chi connectivity index (χ0n) is 3.93. The van der Waals surface area contributed by atoms with Gasteiger partial charge < -0.3 is 10.8 Å². The van der Waals surface area contributed by atoms with E-state index in [4.69, 9.17) is 11.6 Å². The van der Waals surface area contributed by atoms with E-state index in [1.165, 1.54) is 0 Å². The zero-order chi connectivity index (χ0) is 4.99. The molecule has 0 aliphatic heterocycles. The summed E-state index contributed by atoms with van der Waals surface area (Å²) in [5.74, 6) is 4.93. The molecule has 0 spiro atoms. The first kappa shape index (κ1) is 10.00. The van der Waals surface area contributed by atoms with Gasteiger partial charge in [-0.15, -0.1) is 0 Å². The van der Waals surface area contributed by atoms with E-state index in [9.17, 15) is 0 Å². The van der Waals surface area contributed by atoms with Crippen LogP contribution in [0.5, 0.6) is 0 Å². The molecule has 7 heavy (non-hydrogen) atoms. The number of nitrogens with zero attached hydrogens (tertiary/aromatic N) is 2. The summed E-state index contributed by atoms with van der Waals surface area (Å²) >= 11 is 0. The second-order valence-corrected chi connectivity index (χ2v) is 0.803. The molecular formula is C2H7N4Re-. The Hall–Kier alpha value is -0.108. The van der Waals surface area contributed by atoms with E-state index in [-0.39, 0.29) is 20.4 Å². The summed E-state index contributed by atoms with van der Waals surface area (Å²) in [6.07, 6.45) is 1.99. The van der Waals surface area contributed by atoms with Gasteiger partial charge in [0.25, 0.3) is 0 Å². The Morgan fingerprint density at radius 2 is 2.14 bits per heavy atom. The number of hydrazine groups is 1. The summed E-state index contributed by atoms with van der Waals surface area (Å²) < 4.78 is 0. The largest absolute Gasteiger partial charge is 0.561 e. The number of hydrogen-bond acceptors (Lipinski definition) is 3. The first-order chi connectivity index (χ1) is 2.77. The van der Waals surface area contributed by atoms with Gasteiger partial charge in [0.15, 0.2) is 0 Å². The molecule has 0 aromatic heterocycles. The Morgan fingerprint density at radius 1 is 1.71 bits per heavy atom. The molecule has 0 saturated carbocycles. The molecule has 43 valence electrons. The monoisotopic (exact) mass is 274 g/mol. The van der Waals surface area contributed by atoms with Crippen LogP contribution in [0.3, 0.4) is 0 Å². The molecule has 0 atom stereocenters. The molecule has 0 bridgehead atoms. The van der Waals surface area contributed by atoms with Gasteiger partial charge in [-0.3, -0.25) is 11.5 Å². The maximum atomic E-state index is 4.93. The Bertz CT molecular complexity index is 51.7. The van der Waals surface area contributed by atoms with Crippen LogP contribution in [0, 0.1) is 0 Å². The Balaban J connectivity index is 0. The van der Waals surface area contributed by atoms with E-state index in [0.29, 0.717) is 0 Å². The van der Waals surface area contributed by atoms with Crippen molar-refractivity contribution in [2.75, 3.05) is 7.05 Å². The predicted octanol–water partition coefficient (Wildman–Crippen LogP) is -1.43. The summed E-state index contributed by atoms with van der Waals surface area (Å²) in [6, 6.07) is 0. The van der Waals surface area contributed by atoms with Gasteiger partial charge in [0.05, 0.1) is 0 Å². The predicted molar refractivity (Wildman–Crippen MR) is 23.6 cm³/mol. The van der Waals surface area contributed by atoms with Gasteiger partial charge in [-0.05, 0) is 0 Å². The molecule has 0 aliphatic rings. The minimum atomic E-state index is 0. The molecule has 0 aliphatic carbocycles. The van der Waals surface area contributed by atoms with Gasteiger partial charge in [0.2, 0.25) is 0 Å². The quantitative estimate of drug-likeness (QED) is 0.154. The molecule has 5 heteroatoms. The minimum absolute atomic E-state index is 0. The normalized spacial score (nSPS) is 8.29. The maximum Gasteiger partial charge on any atom is 0.0387 e. The van der Waals surface area contributed by atoms with Crippen molar-refractivity contribution < 1.29 is 20.4 Å². The van der Waals surface area contributed by atoms with Crippen molar-refractivity contribution in [3.05, 3.63) is 0 Å². The number of hydrogen-bond donors (Lipinski definition) is 2. The molecule has 0 heterocycles. The molecule has 4 N–H and O–H groups in total. The molecule has 0 aromatic carbocycles. The number of hydrazone groups is 1. The third kappa shape index (κ3) is 10.7. The smallest absolute Gasteiger partial charge is 0.0387 e. The third-order valence-corrected chi connectivity index (χ3v) is 0.215. The Morgan fingerprint density at radius 3 is 2.14 bits per heavy atom. The van der Waals surface area contributed by atoms with Crippen molar-refractivity contribution in [1.82, 2.24) is 5.12 Å². The second kappa shape index (κ2) is 5.89. The van der Waals surface area contributed by atoms with Gasteiger partial charge in [0, 0.05) is 27.5 Å². The molecular weight excluding hydrogens is 266 g/mol. The first-order valence-electron chi connectivity index (χ1n) is 1.42. The topological polar surface area (TPSA) is 67.6 Å². The molecule has 0 aromatic rings. The molecule has 0 rings (SSSR count). The van der Waals surface area contributed by atoms with E-state index in [1.807, 2.05) is 6.34 Å². The number of nitrogens with two attached hydrogens (primary N) is 2. The van der Waals surface area contributed by atoms with Crippen molar-refractivity contribution in [2.45, 2.75) is 0 Å². The summed E-state index contributed by atoms with van der Waals surface area (Å²) in [5.41, 5.74) is 4.69.